The summed E-state index contributed by atoms with van der Waals surface area (Å²) in [4.78, 5) is 1.94. The van der Waals surface area contributed by atoms with Crippen molar-refractivity contribution in [3.63, 3.8) is 0 Å². The van der Waals surface area contributed by atoms with Crippen molar-refractivity contribution in [2.24, 2.45) is 0 Å². The van der Waals surface area contributed by atoms with Crippen molar-refractivity contribution in [2.75, 3.05) is 6.26 Å². The first-order valence-electron chi connectivity index (χ1n) is 4.79. The molecule has 6 heteroatoms. The molecule has 17 heavy (non-hydrogen) atoms. The van der Waals surface area contributed by atoms with Gasteiger partial charge in [-0.1, -0.05) is 29.2 Å². The molecule has 3 nitrogen and oxygen atoms in total. The zero-order valence-corrected chi connectivity index (χ0v) is 11.7. The molecule has 1 heterocycles. The maximum Gasteiger partial charge on any atom is 0.179 e. The second-order valence-electron chi connectivity index (χ2n) is 3.13. The van der Waals surface area contributed by atoms with E-state index in [1.54, 1.807) is 11.8 Å². The molecule has 1 aromatic heterocycles. The molecule has 0 aliphatic carbocycles. The van der Waals surface area contributed by atoms with Gasteiger partial charge in [0.15, 0.2) is 4.34 Å². The summed E-state index contributed by atoms with van der Waals surface area (Å²) >= 11 is 4.62. The smallest absolute Gasteiger partial charge is 0.179 e. The Balaban J connectivity index is 2.36. The van der Waals surface area contributed by atoms with E-state index in [0.29, 0.717) is 0 Å². The molecule has 0 atom stereocenters. The second-order valence-corrected chi connectivity index (χ2v) is 6.45. The minimum absolute atomic E-state index is 0.720. The second kappa shape index (κ2) is 5.54. The Kier molecular flexibility index (Phi) is 4.05. The zero-order valence-electron chi connectivity index (χ0n) is 9.30. The maximum atomic E-state index is 9.20. The van der Waals surface area contributed by atoms with Gasteiger partial charge in [0.05, 0.1) is 5.56 Å². The highest BCUT2D eigenvalue weighted by atomic mass is 32.2. The summed E-state index contributed by atoms with van der Waals surface area (Å²) in [6.45, 7) is 1.92. The third-order valence-electron chi connectivity index (χ3n) is 2.02. The van der Waals surface area contributed by atoms with E-state index in [0.717, 1.165) is 24.7 Å². The Labute approximate surface area is 112 Å². The number of aryl methyl sites for hydroxylation is 1. The third-order valence-corrected chi connectivity index (χ3v) is 4.75. The fraction of sp³-hybridized carbons (Fsp3) is 0.182. The predicted molar refractivity (Wildman–Crippen MR) is 71.7 cm³/mol. The van der Waals surface area contributed by atoms with Gasteiger partial charge in [0.2, 0.25) is 0 Å². The van der Waals surface area contributed by atoms with Gasteiger partial charge in [-0.15, -0.1) is 22.0 Å². The van der Waals surface area contributed by atoms with Crippen molar-refractivity contribution in [2.45, 2.75) is 21.1 Å². The van der Waals surface area contributed by atoms with E-state index in [2.05, 4.69) is 16.3 Å². The SMILES string of the molecule is CSc1cccc(Sc2nnc(C)s2)c1C#N. The van der Waals surface area contributed by atoms with Crippen LogP contribution in [0.5, 0.6) is 0 Å². The first kappa shape index (κ1) is 12.4. The highest BCUT2D eigenvalue weighted by molar-refractivity contribution is 8.01. The van der Waals surface area contributed by atoms with E-state index in [1.165, 1.54) is 23.1 Å². The molecule has 2 aromatic rings. The van der Waals surface area contributed by atoms with E-state index in [1.807, 2.05) is 31.4 Å². The first-order chi connectivity index (χ1) is 8.24. The molecule has 0 saturated carbocycles. The van der Waals surface area contributed by atoms with Crippen molar-refractivity contribution in [3.8, 4) is 6.07 Å². The van der Waals surface area contributed by atoms with Crippen LogP contribution < -0.4 is 0 Å². The summed E-state index contributed by atoms with van der Waals surface area (Å²) in [5.41, 5.74) is 0.720. The van der Waals surface area contributed by atoms with Gasteiger partial charge in [-0.3, -0.25) is 0 Å². The van der Waals surface area contributed by atoms with Gasteiger partial charge in [0, 0.05) is 9.79 Å². The molecule has 1 aromatic carbocycles. The van der Waals surface area contributed by atoms with Gasteiger partial charge in [0.1, 0.15) is 11.1 Å². The number of hydrogen-bond acceptors (Lipinski definition) is 6. The number of rotatable bonds is 3. The number of nitriles is 1. The molecular formula is C11H9N3S3. The summed E-state index contributed by atoms with van der Waals surface area (Å²) in [5.74, 6) is 0. The molecule has 2 rings (SSSR count). The van der Waals surface area contributed by atoms with Crippen LogP contribution in [0.25, 0.3) is 0 Å². The topological polar surface area (TPSA) is 49.6 Å². The van der Waals surface area contributed by atoms with Crippen molar-refractivity contribution in [1.82, 2.24) is 10.2 Å². The summed E-state index contributed by atoms with van der Waals surface area (Å²) in [5, 5.41) is 18.2. The molecule has 0 unspecified atom stereocenters. The van der Waals surface area contributed by atoms with Crippen LogP contribution in [0.15, 0.2) is 32.3 Å². The lowest BCUT2D eigenvalue weighted by Gasteiger charge is -2.04. The Bertz CT molecular complexity index is 572. The summed E-state index contributed by atoms with van der Waals surface area (Å²) < 4.78 is 0.872. The Morgan fingerprint density at radius 2 is 2.06 bits per heavy atom. The van der Waals surface area contributed by atoms with E-state index in [9.17, 15) is 5.26 Å². The van der Waals surface area contributed by atoms with Crippen LogP contribution in [0, 0.1) is 18.3 Å². The van der Waals surface area contributed by atoms with Gasteiger partial charge in [-0.25, -0.2) is 0 Å². The molecule has 86 valence electrons. The quantitative estimate of drug-likeness (QED) is 0.804. The molecule has 0 bridgehead atoms. The minimum Gasteiger partial charge on any atom is -0.192 e. The third kappa shape index (κ3) is 2.80. The molecule has 0 radical (unpaired) electrons. The molecule has 0 spiro atoms. The monoisotopic (exact) mass is 279 g/mol. The predicted octanol–water partition coefficient (Wildman–Crippen LogP) is 3.59. The summed E-state index contributed by atoms with van der Waals surface area (Å²) in [6, 6.07) is 8.12. The van der Waals surface area contributed by atoms with Crippen LogP contribution in [0.3, 0.4) is 0 Å². The number of nitrogens with zero attached hydrogens (tertiary/aromatic N) is 3. The number of hydrogen-bond donors (Lipinski definition) is 0. The van der Waals surface area contributed by atoms with Crippen LogP contribution in [-0.2, 0) is 0 Å². The van der Waals surface area contributed by atoms with Gasteiger partial charge in [-0.05, 0) is 25.3 Å². The van der Waals surface area contributed by atoms with Crippen molar-refractivity contribution >= 4 is 34.9 Å². The molecular weight excluding hydrogens is 270 g/mol. The van der Waals surface area contributed by atoms with E-state index >= 15 is 0 Å². The molecule has 0 saturated heterocycles. The van der Waals surface area contributed by atoms with Crippen LogP contribution in [0.4, 0.5) is 0 Å². The molecule has 0 N–H and O–H groups in total. The fourth-order valence-electron chi connectivity index (χ4n) is 1.29. The molecule has 0 fully saturated rings. The molecule has 0 aliphatic heterocycles. The highest BCUT2D eigenvalue weighted by Crippen LogP contribution is 2.35. The van der Waals surface area contributed by atoms with Crippen LogP contribution in [0.1, 0.15) is 10.6 Å². The van der Waals surface area contributed by atoms with E-state index in [4.69, 9.17) is 0 Å². The largest absolute Gasteiger partial charge is 0.192 e. The average Bonchev–Trinajstić information content (AvgIpc) is 2.74. The average molecular weight is 279 g/mol. The van der Waals surface area contributed by atoms with E-state index in [-0.39, 0.29) is 0 Å². The van der Waals surface area contributed by atoms with E-state index < -0.39 is 0 Å². The number of thioether (sulfide) groups is 1. The van der Waals surface area contributed by atoms with Crippen LogP contribution >= 0.6 is 34.9 Å². The number of benzene rings is 1. The molecule has 0 aliphatic rings. The van der Waals surface area contributed by atoms with Crippen molar-refractivity contribution < 1.29 is 0 Å². The highest BCUT2D eigenvalue weighted by Gasteiger charge is 2.10. The first-order valence-corrected chi connectivity index (χ1v) is 7.65. The zero-order chi connectivity index (χ0) is 12.3. The normalized spacial score (nSPS) is 10.2. The number of aromatic nitrogens is 2. The lowest BCUT2D eigenvalue weighted by Crippen LogP contribution is -1.85. The maximum absolute atomic E-state index is 9.20. The Hall–Kier alpha value is -1.03. The lowest BCUT2D eigenvalue weighted by molar-refractivity contribution is 0.983. The van der Waals surface area contributed by atoms with Crippen molar-refractivity contribution in [3.05, 3.63) is 28.8 Å². The van der Waals surface area contributed by atoms with Crippen LogP contribution in [-0.4, -0.2) is 16.5 Å². The van der Waals surface area contributed by atoms with Crippen LogP contribution in [0.2, 0.25) is 0 Å². The summed E-state index contributed by atoms with van der Waals surface area (Å²) in [7, 11) is 0. The lowest BCUT2D eigenvalue weighted by atomic mass is 10.2. The van der Waals surface area contributed by atoms with Gasteiger partial charge in [0.25, 0.3) is 0 Å². The Morgan fingerprint density at radius 3 is 2.65 bits per heavy atom. The van der Waals surface area contributed by atoms with Gasteiger partial charge < -0.3 is 0 Å². The fourth-order valence-corrected chi connectivity index (χ4v) is 3.82. The van der Waals surface area contributed by atoms with Gasteiger partial charge in [-0.2, -0.15) is 5.26 Å². The molecule has 0 amide bonds. The summed E-state index contributed by atoms with van der Waals surface area (Å²) in [6.07, 6.45) is 1.97. The van der Waals surface area contributed by atoms with Gasteiger partial charge >= 0.3 is 0 Å². The Morgan fingerprint density at radius 1 is 1.29 bits per heavy atom. The minimum atomic E-state index is 0.720. The standard InChI is InChI=1S/C11H9N3S3/c1-7-13-14-11(16-7)17-10-5-3-4-9(15-2)8(10)6-12/h3-5H,1-2H3. The van der Waals surface area contributed by atoms with Crippen molar-refractivity contribution in [1.29, 1.82) is 5.26 Å².